The van der Waals surface area contributed by atoms with E-state index in [4.69, 9.17) is 26.8 Å². The molecule has 2 N–H and O–H groups in total. The molecule has 0 spiro atoms. The Hall–Kier alpha value is -1.27. The third-order valence-corrected chi connectivity index (χ3v) is 4.56. The van der Waals surface area contributed by atoms with Crippen LogP contribution in [-0.4, -0.2) is 49.2 Å². The second-order valence-electron chi connectivity index (χ2n) is 4.82. The molecule has 0 amide bonds. The highest BCUT2D eigenvalue weighted by atomic mass is 35.5. The molecule has 0 radical (unpaired) electrons. The summed E-state index contributed by atoms with van der Waals surface area (Å²) in [5.41, 5.74) is 7.00. The van der Waals surface area contributed by atoms with Gasteiger partial charge < -0.3 is 20.1 Å². The van der Waals surface area contributed by atoms with Crippen molar-refractivity contribution in [2.45, 2.75) is 13.5 Å². The number of hydrogen-bond donors (Lipinski definition) is 1. The zero-order valence-corrected chi connectivity index (χ0v) is 14.5. The van der Waals surface area contributed by atoms with Crippen molar-refractivity contribution >= 4 is 29.3 Å². The summed E-state index contributed by atoms with van der Waals surface area (Å²) < 4.78 is 10.8. The minimum absolute atomic E-state index is 0.470. The largest absolute Gasteiger partial charge is 0.493 e. The predicted octanol–water partition coefficient (Wildman–Crippen LogP) is 2.61. The van der Waals surface area contributed by atoms with Crippen molar-refractivity contribution < 1.29 is 9.47 Å². The number of nitrogens with two attached hydrogens (primary N) is 1. The van der Waals surface area contributed by atoms with E-state index in [1.54, 1.807) is 7.11 Å². The van der Waals surface area contributed by atoms with Crippen molar-refractivity contribution in [3.05, 3.63) is 22.7 Å². The average Bonchev–Trinajstić information content (AvgIpc) is 2.55. The highest BCUT2D eigenvalue weighted by Gasteiger charge is 2.14. The number of hydrogen-bond acceptors (Lipinski definition) is 4. The first-order valence-corrected chi connectivity index (χ1v) is 8.80. The number of rotatable bonds is 5. The lowest BCUT2D eigenvalue weighted by Crippen LogP contribution is -2.42. The van der Waals surface area contributed by atoms with Crippen molar-refractivity contribution in [1.82, 2.24) is 4.90 Å². The van der Waals surface area contributed by atoms with Crippen LogP contribution in [0.4, 0.5) is 0 Å². The molecule has 5 nitrogen and oxygen atoms in total. The zero-order valence-electron chi connectivity index (χ0n) is 13.0. The topological polar surface area (TPSA) is 60.1 Å². The van der Waals surface area contributed by atoms with Gasteiger partial charge in [0.2, 0.25) is 0 Å². The first-order chi connectivity index (χ1) is 10.7. The van der Waals surface area contributed by atoms with E-state index in [2.05, 4.69) is 9.89 Å². The third kappa shape index (κ3) is 4.36. The van der Waals surface area contributed by atoms with E-state index in [-0.39, 0.29) is 0 Å². The Kier molecular flexibility index (Phi) is 6.51. The van der Waals surface area contributed by atoms with Crippen LogP contribution in [0.15, 0.2) is 17.1 Å². The van der Waals surface area contributed by atoms with Crippen molar-refractivity contribution in [3.63, 3.8) is 0 Å². The molecule has 1 aromatic carbocycles. The van der Waals surface area contributed by atoms with Crippen molar-refractivity contribution in [2.75, 3.05) is 38.3 Å². The van der Waals surface area contributed by atoms with E-state index in [1.165, 1.54) is 0 Å². The fourth-order valence-corrected chi connectivity index (χ4v) is 3.40. The van der Waals surface area contributed by atoms with Gasteiger partial charge in [-0.05, 0) is 24.6 Å². The van der Waals surface area contributed by atoms with Gasteiger partial charge in [-0.1, -0.05) is 11.6 Å². The van der Waals surface area contributed by atoms with Crippen LogP contribution in [0.1, 0.15) is 12.5 Å². The van der Waals surface area contributed by atoms with Crippen LogP contribution in [0, 0.1) is 0 Å². The summed E-state index contributed by atoms with van der Waals surface area (Å²) in [5, 5.41) is 0.527. The summed E-state index contributed by atoms with van der Waals surface area (Å²) >= 11 is 8.20. The Morgan fingerprint density at radius 2 is 2.14 bits per heavy atom. The molecule has 0 aliphatic carbocycles. The summed E-state index contributed by atoms with van der Waals surface area (Å²) in [4.78, 5) is 6.58. The summed E-state index contributed by atoms with van der Waals surface area (Å²) in [5.74, 6) is 3.97. The van der Waals surface area contributed by atoms with Crippen LogP contribution < -0.4 is 15.2 Å². The molecule has 1 aliphatic rings. The molecular formula is C15H22ClN3O2S. The molecule has 122 valence electrons. The molecule has 22 heavy (non-hydrogen) atoms. The molecule has 0 bridgehead atoms. The summed E-state index contributed by atoms with van der Waals surface area (Å²) in [6.45, 7) is 4.82. The Morgan fingerprint density at radius 1 is 1.41 bits per heavy atom. The minimum Gasteiger partial charge on any atom is -0.493 e. The fraction of sp³-hybridized carbons (Fsp3) is 0.533. The molecule has 0 atom stereocenters. The standard InChI is InChI=1S/C15H22ClN3O2S/c1-3-21-14-12(16)8-11(9-13(14)20-2)10-18-15(17)19-4-6-22-7-5-19/h8-9H,3-7,10H2,1-2H3,(H2,17,18). The minimum atomic E-state index is 0.470. The normalized spacial score (nSPS) is 15.8. The van der Waals surface area contributed by atoms with Crippen molar-refractivity contribution in [1.29, 1.82) is 0 Å². The summed E-state index contributed by atoms with van der Waals surface area (Å²) in [6.07, 6.45) is 0. The highest BCUT2D eigenvalue weighted by Crippen LogP contribution is 2.36. The zero-order chi connectivity index (χ0) is 15.9. The predicted molar refractivity (Wildman–Crippen MR) is 93.4 cm³/mol. The number of halogens is 1. The average molecular weight is 344 g/mol. The monoisotopic (exact) mass is 343 g/mol. The Morgan fingerprint density at radius 3 is 2.77 bits per heavy atom. The molecule has 0 unspecified atom stereocenters. The molecule has 0 aromatic heterocycles. The van der Waals surface area contributed by atoms with Gasteiger partial charge in [-0.15, -0.1) is 0 Å². The molecule has 7 heteroatoms. The van der Waals surface area contributed by atoms with Gasteiger partial charge in [-0.3, -0.25) is 0 Å². The van der Waals surface area contributed by atoms with Gasteiger partial charge >= 0.3 is 0 Å². The smallest absolute Gasteiger partial charge is 0.191 e. The van der Waals surface area contributed by atoms with Gasteiger partial charge in [0.25, 0.3) is 0 Å². The van der Waals surface area contributed by atoms with Gasteiger partial charge in [0.1, 0.15) is 0 Å². The van der Waals surface area contributed by atoms with E-state index in [0.717, 1.165) is 30.2 Å². The Labute approximate surface area is 140 Å². The molecule has 1 fully saturated rings. The second-order valence-corrected chi connectivity index (χ2v) is 6.45. The number of ether oxygens (including phenoxy) is 2. The maximum atomic E-state index is 6.26. The second kappa shape index (κ2) is 8.39. The van der Waals surface area contributed by atoms with Crippen LogP contribution >= 0.6 is 23.4 Å². The summed E-state index contributed by atoms with van der Waals surface area (Å²) in [7, 11) is 1.60. The maximum absolute atomic E-state index is 6.26. The first-order valence-electron chi connectivity index (χ1n) is 7.27. The number of aliphatic imine (C=N–C) groups is 1. The van der Waals surface area contributed by atoms with Gasteiger partial charge in [-0.25, -0.2) is 4.99 Å². The van der Waals surface area contributed by atoms with Gasteiger partial charge in [0, 0.05) is 24.6 Å². The number of benzene rings is 1. The van der Waals surface area contributed by atoms with Crippen LogP contribution in [0.2, 0.25) is 5.02 Å². The van der Waals surface area contributed by atoms with Crippen molar-refractivity contribution in [2.24, 2.45) is 10.7 Å². The van der Waals surface area contributed by atoms with E-state index in [9.17, 15) is 0 Å². The molecule has 1 heterocycles. The fourth-order valence-electron chi connectivity index (χ4n) is 2.21. The van der Waals surface area contributed by atoms with Crippen LogP contribution in [-0.2, 0) is 6.54 Å². The highest BCUT2D eigenvalue weighted by molar-refractivity contribution is 7.99. The lowest BCUT2D eigenvalue weighted by molar-refractivity contribution is 0.311. The maximum Gasteiger partial charge on any atom is 0.191 e. The molecule has 2 rings (SSSR count). The number of methoxy groups -OCH3 is 1. The Bertz CT molecular complexity index is 534. The SMILES string of the molecule is CCOc1c(Cl)cc(CN=C(N)N2CCSCC2)cc1OC. The van der Waals surface area contributed by atoms with Gasteiger partial charge in [0.15, 0.2) is 17.5 Å². The quantitative estimate of drug-likeness (QED) is 0.657. The van der Waals surface area contributed by atoms with E-state index >= 15 is 0 Å². The van der Waals surface area contributed by atoms with Gasteiger partial charge in [-0.2, -0.15) is 11.8 Å². The van der Waals surface area contributed by atoms with E-state index < -0.39 is 0 Å². The molecular weight excluding hydrogens is 322 g/mol. The molecule has 0 saturated carbocycles. The van der Waals surface area contributed by atoms with E-state index in [0.29, 0.717) is 35.6 Å². The van der Waals surface area contributed by atoms with Crippen molar-refractivity contribution in [3.8, 4) is 11.5 Å². The van der Waals surface area contributed by atoms with Crippen LogP contribution in [0.3, 0.4) is 0 Å². The van der Waals surface area contributed by atoms with Gasteiger partial charge in [0.05, 0.1) is 25.3 Å². The number of thioether (sulfide) groups is 1. The van der Waals surface area contributed by atoms with Crippen LogP contribution in [0.5, 0.6) is 11.5 Å². The lowest BCUT2D eigenvalue weighted by atomic mass is 10.2. The first kappa shape index (κ1) is 17.1. The van der Waals surface area contributed by atoms with Crippen LogP contribution in [0.25, 0.3) is 0 Å². The van der Waals surface area contributed by atoms with E-state index in [1.807, 2.05) is 30.8 Å². The Balaban J connectivity index is 2.10. The molecule has 1 saturated heterocycles. The molecule has 1 aromatic rings. The number of nitrogens with zero attached hydrogens (tertiary/aromatic N) is 2. The summed E-state index contributed by atoms with van der Waals surface area (Å²) in [6, 6.07) is 3.73. The molecule has 1 aliphatic heterocycles. The number of guanidine groups is 1. The lowest BCUT2D eigenvalue weighted by Gasteiger charge is -2.27. The third-order valence-electron chi connectivity index (χ3n) is 3.34.